The average Bonchev–Trinajstić information content (AvgIpc) is 2.67. The Bertz CT molecular complexity index is 562. The summed E-state index contributed by atoms with van der Waals surface area (Å²) in [7, 11) is 0. The fraction of sp³-hybridized carbons (Fsp3) is 0.412. The Kier molecular flexibility index (Phi) is 3.68. The monoisotopic (exact) mass is 268 g/mol. The van der Waals surface area contributed by atoms with Gasteiger partial charge in [-0.3, -0.25) is 4.79 Å². The summed E-state index contributed by atoms with van der Waals surface area (Å²) in [6.45, 7) is 1.95. The van der Waals surface area contributed by atoms with Gasteiger partial charge in [-0.15, -0.1) is 0 Å². The number of carbonyl (C=O) groups is 1. The highest BCUT2D eigenvalue weighted by atomic mass is 16.2. The molecule has 1 aromatic rings. The topological polar surface area (TPSA) is 32.7 Å². The average molecular weight is 268 g/mol. The second-order valence-electron chi connectivity index (χ2n) is 5.53. The standard InChI is InChI=1S/C17H20N2O/c1-13-16(14-9-5-2-3-6-10-14)17(20)19(18-13)15-11-7-4-8-12-15/h4,7-8,11-12H,2-3,5-6,9-10H2,1H3. The first-order valence-corrected chi connectivity index (χ1v) is 7.44. The molecule has 0 atom stereocenters. The molecule has 3 rings (SSSR count). The Morgan fingerprint density at radius 2 is 1.65 bits per heavy atom. The first-order chi connectivity index (χ1) is 9.77. The van der Waals surface area contributed by atoms with E-state index in [1.54, 1.807) is 5.01 Å². The van der Waals surface area contributed by atoms with Crippen molar-refractivity contribution in [2.24, 2.45) is 5.10 Å². The van der Waals surface area contributed by atoms with E-state index in [9.17, 15) is 4.79 Å². The molecular weight excluding hydrogens is 248 g/mol. The van der Waals surface area contributed by atoms with Crippen molar-refractivity contribution < 1.29 is 4.79 Å². The number of hydrazone groups is 1. The molecular formula is C17H20N2O. The van der Waals surface area contributed by atoms with Crippen LogP contribution in [0.1, 0.15) is 45.4 Å². The van der Waals surface area contributed by atoms with Crippen molar-refractivity contribution in [3.63, 3.8) is 0 Å². The molecule has 3 heteroatoms. The number of para-hydroxylation sites is 1. The number of carbonyl (C=O) groups excluding carboxylic acids is 1. The SMILES string of the molecule is CC1=NN(c2ccccc2)C(=O)C1=C1CCCCCC1. The van der Waals surface area contributed by atoms with E-state index in [1.807, 2.05) is 37.3 Å². The first-order valence-electron chi connectivity index (χ1n) is 7.44. The number of allylic oxidation sites excluding steroid dienone is 1. The van der Waals surface area contributed by atoms with Crippen LogP contribution in [0, 0.1) is 0 Å². The lowest BCUT2D eigenvalue weighted by Crippen LogP contribution is -2.22. The largest absolute Gasteiger partial charge is 0.280 e. The van der Waals surface area contributed by atoms with E-state index in [-0.39, 0.29) is 5.91 Å². The van der Waals surface area contributed by atoms with Crippen LogP contribution < -0.4 is 5.01 Å². The van der Waals surface area contributed by atoms with Gasteiger partial charge in [-0.1, -0.05) is 36.6 Å². The number of rotatable bonds is 1. The summed E-state index contributed by atoms with van der Waals surface area (Å²) in [5.74, 6) is 0.0469. The quantitative estimate of drug-likeness (QED) is 0.558. The van der Waals surface area contributed by atoms with Crippen LogP contribution in [0.5, 0.6) is 0 Å². The van der Waals surface area contributed by atoms with Crippen molar-refractivity contribution in [2.45, 2.75) is 45.4 Å². The molecule has 20 heavy (non-hydrogen) atoms. The van der Waals surface area contributed by atoms with Crippen molar-refractivity contribution in [3.05, 3.63) is 41.5 Å². The highest BCUT2D eigenvalue weighted by Gasteiger charge is 2.31. The smallest absolute Gasteiger partial charge is 0.267 e. The third-order valence-electron chi connectivity index (χ3n) is 4.08. The van der Waals surface area contributed by atoms with Crippen molar-refractivity contribution in [2.75, 3.05) is 5.01 Å². The predicted octanol–water partition coefficient (Wildman–Crippen LogP) is 4.06. The molecule has 0 unspecified atom stereocenters. The maximum Gasteiger partial charge on any atom is 0.280 e. The van der Waals surface area contributed by atoms with E-state index >= 15 is 0 Å². The molecule has 2 aliphatic rings. The Balaban J connectivity index is 1.94. The van der Waals surface area contributed by atoms with E-state index in [0.717, 1.165) is 29.8 Å². The maximum atomic E-state index is 12.7. The Morgan fingerprint density at radius 3 is 2.30 bits per heavy atom. The summed E-state index contributed by atoms with van der Waals surface area (Å²) in [4.78, 5) is 12.7. The zero-order valence-corrected chi connectivity index (χ0v) is 11.9. The molecule has 1 aromatic carbocycles. The Labute approximate surface area is 120 Å². The van der Waals surface area contributed by atoms with Crippen LogP contribution in [0.25, 0.3) is 0 Å². The second-order valence-corrected chi connectivity index (χ2v) is 5.53. The molecule has 1 saturated carbocycles. The molecule has 0 saturated heterocycles. The third-order valence-corrected chi connectivity index (χ3v) is 4.08. The van der Waals surface area contributed by atoms with E-state index in [0.29, 0.717) is 0 Å². The molecule has 1 heterocycles. The molecule has 0 radical (unpaired) electrons. The van der Waals surface area contributed by atoms with Crippen molar-refractivity contribution in [3.8, 4) is 0 Å². The first kappa shape index (κ1) is 13.1. The van der Waals surface area contributed by atoms with Gasteiger partial charge in [0.05, 0.1) is 17.0 Å². The number of benzene rings is 1. The normalized spacial score (nSPS) is 20.1. The van der Waals surface area contributed by atoms with E-state index in [1.165, 1.54) is 31.3 Å². The number of nitrogens with zero attached hydrogens (tertiary/aromatic N) is 2. The molecule has 3 nitrogen and oxygen atoms in total. The van der Waals surface area contributed by atoms with Gasteiger partial charge in [-0.25, -0.2) is 0 Å². The van der Waals surface area contributed by atoms with Crippen LogP contribution in [0.3, 0.4) is 0 Å². The Morgan fingerprint density at radius 1 is 1.00 bits per heavy atom. The predicted molar refractivity (Wildman–Crippen MR) is 81.8 cm³/mol. The number of hydrogen-bond donors (Lipinski definition) is 0. The van der Waals surface area contributed by atoms with E-state index in [2.05, 4.69) is 5.10 Å². The highest BCUT2D eigenvalue weighted by molar-refractivity contribution is 6.30. The van der Waals surface area contributed by atoms with Gasteiger partial charge in [0.1, 0.15) is 0 Å². The molecule has 104 valence electrons. The highest BCUT2D eigenvalue weighted by Crippen LogP contribution is 2.31. The summed E-state index contributed by atoms with van der Waals surface area (Å²) in [5, 5.41) is 6.01. The van der Waals surface area contributed by atoms with Gasteiger partial charge in [0.25, 0.3) is 5.91 Å². The minimum Gasteiger partial charge on any atom is -0.267 e. The molecule has 0 N–H and O–H groups in total. The zero-order chi connectivity index (χ0) is 13.9. The van der Waals surface area contributed by atoms with Gasteiger partial charge >= 0.3 is 0 Å². The van der Waals surface area contributed by atoms with Crippen LogP contribution in [0.4, 0.5) is 5.69 Å². The van der Waals surface area contributed by atoms with Gasteiger partial charge < -0.3 is 0 Å². The lowest BCUT2D eigenvalue weighted by atomic mass is 9.98. The fourth-order valence-electron chi connectivity index (χ4n) is 3.06. The Hall–Kier alpha value is -1.90. The lowest BCUT2D eigenvalue weighted by molar-refractivity contribution is -0.114. The van der Waals surface area contributed by atoms with Gasteiger partial charge in [-0.05, 0) is 44.7 Å². The number of anilines is 1. The van der Waals surface area contributed by atoms with Crippen molar-refractivity contribution >= 4 is 17.3 Å². The van der Waals surface area contributed by atoms with Gasteiger partial charge in [0.15, 0.2) is 0 Å². The maximum absolute atomic E-state index is 12.7. The van der Waals surface area contributed by atoms with Gasteiger partial charge in [-0.2, -0.15) is 10.1 Å². The molecule has 0 spiro atoms. The second kappa shape index (κ2) is 5.61. The van der Waals surface area contributed by atoms with Crippen molar-refractivity contribution in [1.29, 1.82) is 0 Å². The van der Waals surface area contributed by atoms with Gasteiger partial charge in [0, 0.05) is 0 Å². The van der Waals surface area contributed by atoms with Crippen LogP contribution >= 0.6 is 0 Å². The number of hydrogen-bond acceptors (Lipinski definition) is 2. The van der Waals surface area contributed by atoms with E-state index < -0.39 is 0 Å². The van der Waals surface area contributed by atoms with Gasteiger partial charge in [0.2, 0.25) is 0 Å². The van der Waals surface area contributed by atoms with Crippen molar-refractivity contribution in [1.82, 2.24) is 0 Å². The minimum atomic E-state index is 0.0469. The van der Waals surface area contributed by atoms with Crippen LogP contribution in [0.2, 0.25) is 0 Å². The molecule has 0 aromatic heterocycles. The summed E-state index contributed by atoms with van der Waals surface area (Å²) in [5.41, 5.74) is 3.90. The summed E-state index contributed by atoms with van der Waals surface area (Å²) in [6, 6.07) is 9.67. The van der Waals surface area contributed by atoms with Crippen LogP contribution in [-0.4, -0.2) is 11.6 Å². The number of amides is 1. The summed E-state index contributed by atoms with van der Waals surface area (Å²) < 4.78 is 0. The third kappa shape index (κ3) is 2.40. The molecule has 1 amide bonds. The molecule has 0 bridgehead atoms. The molecule has 1 fully saturated rings. The summed E-state index contributed by atoms with van der Waals surface area (Å²) >= 11 is 0. The molecule has 1 aliphatic heterocycles. The van der Waals surface area contributed by atoms with Crippen LogP contribution in [-0.2, 0) is 4.79 Å². The lowest BCUT2D eigenvalue weighted by Gasteiger charge is -2.12. The fourth-order valence-corrected chi connectivity index (χ4v) is 3.06. The molecule has 1 aliphatic carbocycles. The zero-order valence-electron chi connectivity index (χ0n) is 11.9. The van der Waals surface area contributed by atoms with E-state index in [4.69, 9.17) is 0 Å². The van der Waals surface area contributed by atoms with Crippen LogP contribution in [0.15, 0.2) is 46.6 Å². The minimum absolute atomic E-state index is 0.0469. The summed E-state index contributed by atoms with van der Waals surface area (Å²) in [6.07, 6.45) is 7.07.